The Morgan fingerprint density at radius 3 is 2.73 bits per heavy atom. The van der Waals surface area contributed by atoms with Crippen LogP contribution in [0.15, 0.2) is 59.9 Å². The van der Waals surface area contributed by atoms with Gasteiger partial charge in [0.15, 0.2) is 6.19 Å². The van der Waals surface area contributed by atoms with Crippen molar-refractivity contribution in [2.24, 2.45) is 4.99 Å². The molecule has 0 saturated heterocycles. The van der Waals surface area contributed by atoms with Crippen LogP contribution in [-0.2, 0) is 4.79 Å². The van der Waals surface area contributed by atoms with Crippen LogP contribution in [0.2, 0.25) is 0 Å². The van der Waals surface area contributed by atoms with E-state index in [0.29, 0.717) is 12.4 Å². The predicted octanol–water partition coefficient (Wildman–Crippen LogP) is 5.33. The van der Waals surface area contributed by atoms with E-state index in [1.54, 1.807) is 6.20 Å². The van der Waals surface area contributed by atoms with E-state index >= 15 is 0 Å². The number of aromatic nitrogens is 1. The summed E-state index contributed by atoms with van der Waals surface area (Å²) < 4.78 is 0. The fraction of sp³-hybridized carbons (Fsp3) is 0.385. The van der Waals surface area contributed by atoms with E-state index in [0.717, 1.165) is 48.1 Å². The Bertz CT molecular complexity index is 1000. The lowest BCUT2D eigenvalue weighted by Gasteiger charge is -2.19. The van der Waals surface area contributed by atoms with Gasteiger partial charge in [0.25, 0.3) is 0 Å². The van der Waals surface area contributed by atoms with Gasteiger partial charge in [0.2, 0.25) is 5.96 Å². The molecule has 1 heterocycles. The maximum atomic E-state index is 10.8. The van der Waals surface area contributed by atoms with Crippen molar-refractivity contribution < 1.29 is 9.90 Å². The van der Waals surface area contributed by atoms with Crippen LogP contribution in [-0.4, -0.2) is 28.1 Å². The van der Waals surface area contributed by atoms with Crippen LogP contribution in [0.4, 0.5) is 5.69 Å². The monoisotopic (exact) mass is 445 g/mol. The predicted molar refractivity (Wildman–Crippen MR) is 131 cm³/mol. The Labute approximate surface area is 195 Å². The van der Waals surface area contributed by atoms with Crippen molar-refractivity contribution >= 4 is 23.2 Å². The lowest BCUT2D eigenvalue weighted by atomic mass is 9.96. The zero-order valence-corrected chi connectivity index (χ0v) is 18.8. The Hall–Kier alpha value is -3.66. The summed E-state index contributed by atoms with van der Waals surface area (Å²) in [4.78, 5) is 19.8. The van der Waals surface area contributed by atoms with Gasteiger partial charge in [0.1, 0.15) is 0 Å². The lowest BCUT2D eigenvalue weighted by Crippen LogP contribution is -2.29. The van der Waals surface area contributed by atoms with Crippen molar-refractivity contribution in [3.05, 3.63) is 66.0 Å². The molecule has 1 aromatic heterocycles. The molecule has 0 bridgehead atoms. The van der Waals surface area contributed by atoms with Gasteiger partial charge in [-0.05, 0) is 61.4 Å². The standard InChI is InChI=1S/C26H31N5O2/c27-19-29-26(30-22-11-3-1-4-12-22)31-23-13-7-9-20(17-23)24(21-10-8-16-28-18-21)14-5-2-6-15-25(32)33/h7-10,13-14,16-18,22H,1-6,11-12,15H2,(H,32,33)(H2,29,30,31)/b24-14+. The van der Waals surface area contributed by atoms with Crippen molar-refractivity contribution in [1.82, 2.24) is 10.3 Å². The number of carboxylic acids is 1. The second-order valence-corrected chi connectivity index (χ2v) is 8.21. The molecule has 1 aliphatic rings. The summed E-state index contributed by atoms with van der Waals surface area (Å²) in [5.41, 5.74) is 3.89. The number of aliphatic imine (C=N–C) groups is 1. The minimum Gasteiger partial charge on any atom is -0.481 e. The fourth-order valence-electron chi connectivity index (χ4n) is 4.03. The van der Waals surface area contributed by atoms with Gasteiger partial charge in [-0.2, -0.15) is 5.26 Å². The Kier molecular flexibility index (Phi) is 9.46. The molecular weight excluding hydrogens is 414 g/mol. The third-order valence-corrected chi connectivity index (χ3v) is 5.66. The molecule has 33 heavy (non-hydrogen) atoms. The van der Waals surface area contributed by atoms with E-state index in [2.05, 4.69) is 21.7 Å². The van der Waals surface area contributed by atoms with Gasteiger partial charge in [-0.25, -0.2) is 4.99 Å². The molecule has 0 unspecified atom stereocenters. The van der Waals surface area contributed by atoms with Gasteiger partial charge in [-0.15, -0.1) is 0 Å². The molecule has 1 fully saturated rings. The minimum atomic E-state index is -0.762. The van der Waals surface area contributed by atoms with Crippen LogP contribution in [0.25, 0.3) is 5.57 Å². The molecule has 0 amide bonds. The Morgan fingerprint density at radius 2 is 2.00 bits per heavy atom. The third-order valence-electron chi connectivity index (χ3n) is 5.66. The number of aliphatic carboxylic acids is 1. The molecule has 0 radical (unpaired) electrons. The number of carboxylic acid groups (broad SMARTS) is 1. The van der Waals surface area contributed by atoms with E-state index in [-0.39, 0.29) is 12.5 Å². The van der Waals surface area contributed by atoms with Crippen LogP contribution in [0.3, 0.4) is 0 Å². The van der Waals surface area contributed by atoms with Crippen molar-refractivity contribution in [2.45, 2.75) is 63.8 Å². The van der Waals surface area contributed by atoms with E-state index in [4.69, 9.17) is 10.1 Å². The number of nitrogens with one attached hydrogen (secondary N) is 2. The van der Waals surface area contributed by atoms with E-state index in [1.807, 2.05) is 48.8 Å². The van der Waals surface area contributed by atoms with Crippen molar-refractivity contribution in [3.63, 3.8) is 0 Å². The maximum absolute atomic E-state index is 10.8. The first-order chi connectivity index (χ1) is 16.2. The van der Waals surface area contributed by atoms with Crippen molar-refractivity contribution in [1.29, 1.82) is 5.26 Å². The summed E-state index contributed by atoms with van der Waals surface area (Å²) in [5, 5.41) is 24.0. The topological polar surface area (TPSA) is 110 Å². The molecule has 7 heteroatoms. The van der Waals surface area contributed by atoms with Crippen LogP contribution < -0.4 is 10.6 Å². The number of unbranched alkanes of at least 4 members (excludes halogenated alkanes) is 2. The summed E-state index contributed by atoms with van der Waals surface area (Å²) in [7, 11) is 0. The highest BCUT2D eigenvalue weighted by atomic mass is 16.4. The van der Waals surface area contributed by atoms with Gasteiger partial charge in [0, 0.05) is 30.1 Å². The molecule has 3 rings (SSSR count). The number of carbonyl (C=O) groups is 1. The molecule has 1 aliphatic carbocycles. The second kappa shape index (κ2) is 13.0. The van der Waals surface area contributed by atoms with Gasteiger partial charge in [-0.3, -0.25) is 15.1 Å². The second-order valence-electron chi connectivity index (χ2n) is 8.21. The average Bonchev–Trinajstić information content (AvgIpc) is 2.83. The fourth-order valence-corrected chi connectivity index (χ4v) is 4.03. The summed E-state index contributed by atoms with van der Waals surface area (Å²) in [6, 6.07) is 12.2. The molecule has 1 aromatic carbocycles. The summed E-state index contributed by atoms with van der Waals surface area (Å²) in [6.07, 6.45) is 15.8. The summed E-state index contributed by atoms with van der Waals surface area (Å²) >= 11 is 0. The van der Waals surface area contributed by atoms with Gasteiger partial charge in [0.05, 0.1) is 6.04 Å². The average molecular weight is 446 g/mol. The number of nitriles is 1. The number of rotatable bonds is 9. The number of pyridine rings is 1. The van der Waals surface area contributed by atoms with E-state index < -0.39 is 5.97 Å². The third kappa shape index (κ3) is 8.08. The van der Waals surface area contributed by atoms with Gasteiger partial charge < -0.3 is 10.4 Å². The molecule has 7 nitrogen and oxygen atoms in total. The summed E-state index contributed by atoms with van der Waals surface area (Å²) in [6.45, 7) is 0. The first kappa shape index (κ1) is 24.0. The molecule has 3 N–H and O–H groups in total. The number of hydrogen-bond acceptors (Lipinski definition) is 4. The SMILES string of the molecule is N#CNC(=NC1CCCCC1)Nc1cccc(/C(=C\CCCCC(=O)O)c2cccnc2)c1. The van der Waals surface area contributed by atoms with Crippen molar-refractivity contribution in [3.8, 4) is 6.19 Å². The quantitative estimate of drug-likeness (QED) is 0.158. The molecule has 1 saturated carbocycles. The first-order valence-electron chi connectivity index (χ1n) is 11.6. The number of benzene rings is 1. The minimum absolute atomic E-state index is 0.185. The zero-order chi connectivity index (χ0) is 23.3. The van der Waals surface area contributed by atoms with E-state index in [1.165, 1.54) is 19.3 Å². The number of guanidine groups is 1. The molecule has 2 aromatic rings. The number of anilines is 1. The highest BCUT2D eigenvalue weighted by Crippen LogP contribution is 2.26. The zero-order valence-electron chi connectivity index (χ0n) is 18.8. The molecule has 172 valence electrons. The number of nitrogens with zero attached hydrogens (tertiary/aromatic N) is 3. The summed E-state index contributed by atoms with van der Waals surface area (Å²) in [5.74, 6) is -0.288. The number of allylic oxidation sites excluding steroid dienone is 1. The van der Waals surface area contributed by atoms with Crippen LogP contribution in [0.5, 0.6) is 0 Å². The van der Waals surface area contributed by atoms with E-state index in [9.17, 15) is 10.1 Å². The molecule has 0 spiro atoms. The Balaban J connectivity index is 1.80. The molecule has 0 atom stereocenters. The van der Waals surface area contributed by atoms with Gasteiger partial charge >= 0.3 is 5.97 Å². The normalized spacial score (nSPS) is 15.0. The Morgan fingerprint density at radius 1 is 1.18 bits per heavy atom. The van der Waals surface area contributed by atoms with Crippen LogP contribution in [0.1, 0.15) is 68.9 Å². The molecule has 0 aliphatic heterocycles. The van der Waals surface area contributed by atoms with Crippen molar-refractivity contribution in [2.75, 3.05) is 5.32 Å². The van der Waals surface area contributed by atoms with Gasteiger partial charge in [-0.1, -0.05) is 43.5 Å². The largest absolute Gasteiger partial charge is 0.481 e. The van der Waals surface area contributed by atoms with Crippen LogP contribution in [0, 0.1) is 11.5 Å². The smallest absolute Gasteiger partial charge is 0.303 e. The highest BCUT2D eigenvalue weighted by Gasteiger charge is 2.14. The maximum Gasteiger partial charge on any atom is 0.303 e. The lowest BCUT2D eigenvalue weighted by molar-refractivity contribution is -0.137. The first-order valence-corrected chi connectivity index (χ1v) is 11.6. The number of hydrogen-bond donors (Lipinski definition) is 3. The molecular formula is C26H31N5O2. The van der Waals surface area contributed by atoms with Crippen LogP contribution >= 0.6 is 0 Å². The highest BCUT2D eigenvalue weighted by molar-refractivity contribution is 5.95.